The third-order valence-corrected chi connectivity index (χ3v) is 6.05. The maximum Gasteiger partial charge on any atom is 0.159 e. The average Bonchev–Trinajstić information content (AvgIpc) is 3.19. The first-order valence-corrected chi connectivity index (χ1v) is 10.7. The topological polar surface area (TPSA) is 59.1 Å². The number of thioether (sulfide) groups is 1. The highest BCUT2D eigenvalue weighted by molar-refractivity contribution is 9.10. The molecule has 5 nitrogen and oxygen atoms in total. The molecule has 1 aliphatic rings. The van der Waals surface area contributed by atoms with E-state index in [2.05, 4.69) is 32.6 Å². The second-order valence-corrected chi connectivity index (χ2v) is 8.32. The number of hydrogen-bond donors (Lipinski definition) is 2. The first-order valence-electron chi connectivity index (χ1n) is 8.92. The molecule has 0 radical (unpaired) electrons. The molecule has 0 aliphatic carbocycles. The third-order valence-electron chi connectivity index (χ3n) is 4.55. The first kappa shape index (κ1) is 18.5. The molecule has 1 aromatic heterocycles. The van der Waals surface area contributed by atoms with Crippen LogP contribution in [-0.4, -0.2) is 36.2 Å². The van der Waals surface area contributed by atoms with Gasteiger partial charge in [-0.2, -0.15) is 0 Å². The number of halogens is 1. The maximum atomic E-state index is 5.50. The molecule has 1 unspecified atom stereocenters. The van der Waals surface area contributed by atoms with E-state index in [0.29, 0.717) is 6.04 Å². The zero-order valence-corrected chi connectivity index (χ0v) is 17.4. The number of para-hydroxylation sites is 2. The van der Waals surface area contributed by atoms with Gasteiger partial charge in [-0.05, 0) is 43.3 Å². The van der Waals surface area contributed by atoms with Gasteiger partial charge in [0.1, 0.15) is 10.8 Å². The summed E-state index contributed by atoms with van der Waals surface area (Å²) in [7, 11) is 1.70. The fourth-order valence-electron chi connectivity index (χ4n) is 3.16. The minimum absolute atomic E-state index is 0.389. The Balaban J connectivity index is 1.63. The lowest BCUT2D eigenvalue weighted by atomic mass is 10.2. The molecular formula is C20H21BrN4OS. The van der Waals surface area contributed by atoms with Gasteiger partial charge in [0.05, 0.1) is 18.1 Å². The summed E-state index contributed by atoms with van der Waals surface area (Å²) in [5, 5.41) is 7.89. The van der Waals surface area contributed by atoms with Gasteiger partial charge in [0, 0.05) is 28.4 Å². The molecule has 1 aliphatic heterocycles. The number of hydrogen-bond acceptors (Lipinski definition) is 6. The summed E-state index contributed by atoms with van der Waals surface area (Å²) in [6, 6.07) is 14.5. The molecule has 4 rings (SSSR count). The second kappa shape index (κ2) is 8.46. The molecule has 0 spiro atoms. The first-order chi connectivity index (χ1) is 13.2. The molecule has 1 atom stereocenters. The highest BCUT2D eigenvalue weighted by atomic mass is 79.9. The van der Waals surface area contributed by atoms with Crippen LogP contribution in [0.15, 0.2) is 52.0 Å². The molecule has 0 amide bonds. The number of rotatable bonds is 6. The van der Waals surface area contributed by atoms with Crippen LogP contribution in [0.1, 0.15) is 12.0 Å². The van der Waals surface area contributed by atoms with Crippen LogP contribution in [0, 0.1) is 0 Å². The molecule has 2 N–H and O–H groups in total. The summed E-state index contributed by atoms with van der Waals surface area (Å²) >= 11 is 5.22. The summed E-state index contributed by atoms with van der Waals surface area (Å²) in [5.41, 5.74) is 2.95. The lowest BCUT2D eigenvalue weighted by Crippen LogP contribution is -2.23. The predicted octanol–water partition coefficient (Wildman–Crippen LogP) is 4.47. The van der Waals surface area contributed by atoms with Crippen LogP contribution in [0.2, 0.25) is 0 Å². The molecule has 2 heterocycles. The van der Waals surface area contributed by atoms with E-state index in [1.807, 2.05) is 36.4 Å². The summed E-state index contributed by atoms with van der Waals surface area (Å²) in [5.74, 6) is 2.50. The van der Waals surface area contributed by atoms with E-state index in [0.717, 1.165) is 62.9 Å². The van der Waals surface area contributed by atoms with Gasteiger partial charge in [-0.1, -0.05) is 39.8 Å². The number of fused-ring (bicyclic) bond motifs is 1. The fourth-order valence-corrected chi connectivity index (χ4v) is 4.49. The summed E-state index contributed by atoms with van der Waals surface area (Å²) in [6.07, 6.45) is 1.10. The van der Waals surface area contributed by atoms with Crippen molar-refractivity contribution in [2.24, 2.45) is 0 Å². The average molecular weight is 445 g/mol. The van der Waals surface area contributed by atoms with E-state index in [-0.39, 0.29) is 0 Å². The molecule has 140 valence electrons. The van der Waals surface area contributed by atoms with E-state index in [4.69, 9.17) is 14.7 Å². The SMILES string of the molecule is COc1ccc(Br)cc1CSc1nc2ccccc2nc1NC1CCNC1. The zero-order valence-electron chi connectivity index (χ0n) is 15.0. The van der Waals surface area contributed by atoms with Gasteiger partial charge in [0.15, 0.2) is 5.82 Å². The third kappa shape index (κ3) is 4.36. The Morgan fingerprint density at radius 1 is 1.22 bits per heavy atom. The van der Waals surface area contributed by atoms with Gasteiger partial charge in [0.2, 0.25) is 0 Å². The van der Waals surface area contributed by atoms with Crippen LogP contribution < -0.4 is 15.4 Å². The Kier molecular flexibility index (Phi) is 5.80. The van der Waals surface area contributed by atoms with Gasteiger partial charge >= 0.3 is 0 Å². The van der Waals surface area contributed by atoms with Crippen molar-refractivity contribution in [3.05, 3.63) is 52.5 Å². The number of benzene rings is 2. The normalized spacial score (nSPS) is 16.6. The van der Waals surface area contributed by atoms with E-state index in [1.165, 1.54) is 0 Å². The van der Waals surface area contributed by atoms with Gasteiger partial charge in [-0.15, -0.1) is 0 Å². The zero-order chi connectivity index (χ0) is 18.6. The van der Waals surface area contributed by atoms with Crippen LogP contribution in [-0.2, 0) is 5.75 Å². The van der Waals surface area contributed by atoms with E-state index < -0.39 is 0 Å². The molecular weight excluding hydrogens is 424 g/mol. The minimum Gasteiger partial charge on any atom is -0.496 e. The Hall–Kier alpha value is -1.83. The van der Waals surface area contributed by atoms with E-state index in [1.54, 1.807) is 18.9 Å². The van der Waals surface area contributed by atoms with Crippen molar-refractivity contribution in [1.82, 2.24) is 15.3 Å². The molecule has 1 saturated heterocycles. The quantitative estimate of drug-likeness (QED) is 0.547. The summed E-state index contributed by atoms with van der Waals surface area (Å²) < 4.78 is 6.54. The number of nitrogens with zero attached hydrogens (tertiary/aromatic N) is 2. The van der Waals surface area contributed by atoms with Crippen LogP contribution >= 0.6 is 27.7 Å². The maximum absolute atomic E-state index is 5.50. The highest BCUT2D eigenvalue weighted by Crippen LogP contribution is 2.33. The van der Waals surface area contributed by atoms with Crippen LogP contribution in [0.4, 0.5) is 5.82 Å². The lowest BCUT2D eigenvalue weighted by molar-refractivity contribution is 0.411. The number of ether oxygens (including phenoxy) is 1. The fraction of sp³-hybridized carbons (Fsp3) is 0.300. The molecule has 0 bridgehead atoms. The van der Waals surface area contributed by atoms with E-state index in [9.17, 15) is 0 Å². The van der Waals surface area contributed by atoms with Crippen LogP contribution in [0.3, 0.4) is 0 Å². The molecule has 1 fully saturated rings. The largest absolute Gasteiger partial charge is 0.496 e. The summed E-state index contributed by atoms with van der Waals surface area (Å²) in [4.78, 5) is 9.72. The predicted molar refractivity (Wildman–Crippen MR) is 115 cm³/mol. The van der Waals surface area contributed by atoms with Crippen molar-refractivity contribution in [3.8, 4) is 5.75 Å². The molecule has 27 heavy (non-hydrogen) atoms. The van der Waals surface area contributed by atoms with Gasteiger partial charge in [-0.25, -0.2) is 9.97 Å². The Bertz CT molecular complexity index is 946. The number of aromatic nitrogens is 2. The van der Waals surface area contributed by atoms with Gasteiger partial charge in [0.25, 0.3) is 0 Å². The van der Waals surface area contributed by atoms with Crippen molar-refractivity contribution in [2.75, 3.05) is 25.5 Å². The van der Waals surface area contributed by atoms with Crippen molar-refractivity contribution in [1.29, 1.82) is 0 Å². The molecule has 7 heteroatoms. The van der Waals surface area contributed by atoms with Crippen molar-refractivity contribution in [2.45, 2.75) is 23.2 Å². The number of anilines is 1. The number of methoxy groups -OCH3 is 1. The Labute approximate surface area is 171 Å². The molecule has 2 aromatic carbocycles. The van der Waals surface area contributed by atoms with Crippen LogP contribution in [0.25, 0.3) is 11.0 Å². The minimum atomic E-state index is 0.389. The summed E-state index contributed by atoms with van der Waals surface area (Å²) in [6.45, 7) is 1.99. The molecule has 3 aromatic rings. The monoisotopic (exact) mass is 444 g/mol. The van der Waals surface area contributed by atoms with Gasteiger partial charge in [-0.3, -0.25) is 0 Å². The van der Waals surface area contributed by atoms with Crippen LogP contribution in [0.5, 0.6) is 5.75 Å². The van der Waals surface area contributed by atoms with Crippen molar-refractivity contribution >= 4 is 44.5 Å². The van der Waals surface area contributed by atoms with Crippen molar-refractivity contribution in [3.63, 3.8) is 0 Å². The Morgan fingerprint density at radius 2 is 2.04 bits per heavy atom. The second-order valence-electron chi connectivity index (χ2n) is 6.44. The Morgan fingerprint density at radius 3 is 2.78 bits per heavy atom. The standard InChI is InChI=1S/C20H21BrN4OS/c1-26-18-7-6-14(21)10-13(18)12-27-20-19(23-15-8-9-22-11-15)24-16-4-2-3-5-17(16)25-20/h2-7,10,15,22H,8-9,11-12H2,1H3,(H,23,24). The van der Waals surface area contributed by atoms with E-state index >= 15 is 0 Å². The highest BCUT2D eigenvalue weighted by Gasteiger charge is 2.18. The number of nitrogens with one attached hydrogen (secondary N) is 2. The lowest BCUT2D eigenvalue weighted by Gasteiger charge is -2.16. The smallest absolute Gasteiger partial charge is 0.159 e. The van der Waals surface area contributed by atoms with Crippen molar-refractivity contribution < 1.29 is 4.74 Å². The van der Waals surface area contributed by atoms with Gasteiger partial charge < -0.3 is 15.4 Å². The molecule has 0 saturated carbocycles.